The van der Waals surface area contributed by atoms with Gasteiger partial charge in [-0.2, -0.15) is 0 Å². The van der Waals surface area contributed by atoms with E-state index in [-0.39, 0.29) is 24.2 Å². The van der Waals surface area contributed by atoms with Gasteiger partial charge in [0.25, 0.3) is 0 Å². The van der Waals surface area contributed by atoms with Crippen molar-refractivity contribution in [2.45, 2.75) is 38.4 Å². The highest BCUT2D eigenvalue weighted by atomic mass is 19.1. The highest BCUT2D eigenvalue weighted by Gasteiger charge is 2.42. The van der Waals surface area contributed by atoms with E-state index in [4.69, 9.17) is 0 Å². The zero-order valence-corrected chi connectivity index (χ0v) is 15.6. The van der Waals surface area contributed by atoms with E-state index >= 15 is 4.39 Å². The molecule has 1 aliphatic carbocycles. The largest absolute Gasteiger partial charge is 0.481 e. The number of Topliss-reactive ketones (excluding diaryl/α,β-unsaturated/α-hetero) is 1. The molecule has 7 heteroatoms. The van der Waals surface area contributed by atoms with Crippen LogP contribution < -0.4 is 10.2 Å². The van der Waals surface area contributed by atoms with Gasteiger partial charge in [0.15, 0.2) is 5.78 Å². The van der Waals surface area contributed by atoms with Gasteiger partial charge in [0.1, 0.15) is 11.7 Å². The number of carboxylic acid groups (broad SMARTS) is 1. The van der Waals surface area contributed by atoms with Crippen LogP contribution in [-0.2, 0) is 11.3 Å². The highest BCUT2D eigenvalue weighted by molar-refractivity contribution is 6.13. The molecule has 0 amide bonds. The summed E-state index contributed by atoms with van der Waals surface area (Å²) in [6.45, 7) is 3.94. The summed E-state index contributed by atoms with van der Waals surface area (Å²) in [5.74, 6) is -3.27. The number of aromatic nitrogens is 1. The molecule has 6 nitrogen and oxygen atoms in total. The number of anilines is 1. The number of fused-ring (bicyclic) bond motifs is 2. The number of ketones is 1. The van der Waals surface area contributed by atoms with Crippen LogP contribution in [0.3, 0.4) is 0 Å². The fourth-order valence-corrected chi connectivity index (χ4v) is 4.45. The maximum atomic E-state index is 15.0. The molecule has 0 spiro atoms. The van der Waals surface area contributed by atoms with E-state index in [1.165, 1.54) is 6.07 Å². The number of rotatable bonds is 3. The average Bonchev–Trinajstić information content (AvgIpc) is 3.40. The lowest BCUT2D eigenvalue weighted by molar-refractivity contribution is -0.139. The maximum Gasteiger partial charge on any atom is 0.316 e. The summed E-state index contributed by atoms with van der Waals surface area (Å²) in [6.07, 6.45) is 3.90. The van der Waals surface area contributed by atoms with Gasteiger partial charge in [-0.3, -0.25) is 9.59 Å². The van der Waals surface area contributed by atoms with Gasteiger partial charge in [0.05, 0.1) is 0 Å². The first kappa shape index (κ1) is 17.4. The molecule has 0 radical (unpaired) electrons. The van der Waals surface area contributed by atoms with Crippen molar-refractivity contribution in [3.8, 4) is 11.1 Å². The number of carbonyl (C=O) groups excluding carboxylic acids is 1. The van der Waals surface area contributed by atoms with Gasteiger partial charge in [0.2, 0.25) is 0 Å². The predicted octanol–water partition coefficient (Wildman–Crippen LogP) is 2.82. The van der Waals surface area contributed by atoms with E-state index in [0.29, 0.717) is 11.3 Å². The number of benzene rings is 1. The first-order valence-electron chi connectivity index (χ1n) is 9.75. The van der Waals surface area contributed by atoms with Crippen LogP contribution in [-0.4, -0.2) is 40.6 Å². The van der Waals surface area contributed by atoms with Crippen molar-refractivity contribution in [3.05, 3.63) is 41.5 Å². The Kier molecular flexibility index (Phi) is 3.84. The Morgan fingerprint density at radius 1 is 1.25 bits per heavy atom. The molecule has 3 aliphatic rings. The molecule has 1 fully saturated rings. The molecule has 2 atom stereocenters. The van der Waals surface area contributed by atoms with Crippen molar-refractivity contribution >= 4 is 17.4 Å². The van der Waals surface area contributed by atoms with Gasteiger partial charge in [-0.25, -0.2) is 4.39 Å². The Morgan fingerprint density at radius 2 is 2.04 bits per heavy atom. The zero-order chi connectivity index (χ0) is 19.6. The number of halogens is 1. The topological polar surface area (TPSA) is 74.6 Å². The molecule has 1 aromatic heterocycles. The fraction of sp³-hybridized carbons (Fsp3) is 0.429. The van der Waals surface area contributed by atoms with Crippen molar-refractivity contribution in [1.82, 2.24) is 9.88 Å². The van der Waals surface area contributed by atoms with Gasteiger partial charge in [-0.05, 0) is 38.0 Å². The summed E-state index contributed by atoms with van der Waals surface area (Å²) in [5, 5.41) is 12.8. The minimum Gasteiger partial charge on any atom is -0.481 e. The number of carboxylic acids is 1. The average molecular weight is 383 g/mol. The van der Waals surface area contributed by atoms with E-state index in [0.717, 1.165) is 37.2 Å². The molecule has 5 rings (SSSR count). The third-order valence-electron chi connectivity index (χ3n) is 6.13. The van der Waals surface area contributed by atoms with Crippen LogP contribution in [0, 0.1) is 11.7 Å². The first-order chi connectivity index (χ1) is 13.4. The number of aliphatic carboxylic acids is 1. The van der Waals surface area contributed by atoms with Gasteiger partial charge >= 0.3 is 5.97 Å². The van der Waals surface area contributed by atoms with Crippen molar-refractivity contribution in [2.75, 3.05) is 18.0 Å². The Hall–Kier alpha value is -2.67. The Bertz CT molecular complexity index is 995. The van der Waals surface area contributed by atoms with Crippen LogP contribution in [0.4, 0.5) is 10.1 Å². The summed E-state index contributed by atoms with van der Waals surface area (Å²) >= 11 is 0. The summed E-state index contributed by atoms with van der Waals surface area (Å²) in [6, 6.07) is 5.39. The lowest BCUT2D eigenvalue weighted by Gasteiger charge is -2.34. The normalized spacial score (nSPS) is 24.1. The zero-order valence-electron chi connectivity index (χ0n) is 15.6. The molecule has 2 aliphatic heterocycles. The third kappa shape index (κ3) is 2.64. The molecule has 0 bridgehead atoms. The van der Waals surface area contributed by atoms with E-state index in [1.54, 1.807) is 6.07 Å². The van der Waals surface area contributed by atoms with Crippen molar-refractivity contribution in [3.63, 3.8) is 0 Å². The Labute approximate surface area is 161 Å². The monoisotopic (exact) mass is 383 g/mol. The standard InChI is InChI=1S/C21H22FN3O3/c1-11-18-6-12(9-24(18)5-4-23-11)14-8-19-15(7-17(14)22)20(26)16(21(27)28)10-25(19)13-2-3-13/h6-9,11,13,16,23H,2-5,10H2,1H3,(H,27,28)/t11-,16?/m0/s1. The molecular formula is C21H22FN3O3. The molecule has 1 saturated carbocycles. The molecule has 28 heavy (non-hydrogen) atoms. The molecule has 0 saturated heterocycles. The minimum absolute atomic E-state index is 0.157. The molecule has 1 unspecified atom stereocenters. The molecule has 1 aromatic carbocycles. The number of carbonyl (C=O) groups is 2. The first-order valence-corrected chi connectivity index (χ1v) is 9.75. The quantitative estimate of drug-likeness (QED) is 0.798. The second kappa shape index (κ2) is 6.17. The van der Waals surface area contributed by atoms with Crippen LogP contribution in [0.2, 0.25) is 0 Å². The summed E-state index contributed by atoms with van der Waals surface area (Å²) in [4.78, 5) is 26.2. The summed E-state index contributed by atoms with van der Waals surface area (Å²) in [7, 11) is 0. The predicted molar refractivity (Wildman–Crippen MR) is 102 cm³/mol. The SMILES string of the molecule is C[C@@H]1NCCn2cc(-c3cc4c(cc3F)C(=O)C(C(=O)O)CN4C3CC3)cc21. The lowest BCUT2D eigenvalue weighted by Crippen LogP contribution is -2.44. The van der Waals surface area contributed by atoms with Crippen LogP contribution in [0.5, 0.6) is 0 Å². The van der Waals surface area contributed by atoms with Crippen molar-refractivity contribution in [2.24, 2.45) is 5.92 Å². The van der Waals surface area contributed by atoms with Crippen LogP contribution in [0.1, 0.15) is 41.9 Å². The summed E-state index contributed by atoms with van der Waals surface area (Å²) in [5.41, 5.74) is 3.21. The fourth-order valence-electron chi connectivity index (χ4n) is 4.45. The molecule has 3 heterocycles. The highest BCUT2D eigenvalue weighted by Crippen LogP contribution is 2.42. The molecule has 146 valence electrons. The number of nitrogens with one attached hydrogen (secondary N) is 1. The number of nitrogens with zero attached hydrogens (tertiary/aromatic N) is 2. The Morgan fingerprint density at radius 3 is 2.71 bits per heavy atom. The van der Waals surface area contributed by atoms with Gasteiger partial charge in [-0.1, -0.05) is 0 Å². The van der Waals surface area contributed by atoms with E-state index < -0.39 is 23.5 Å². The second-order valence-electron chi connectivity index (χ2n) is 8.01. The number of hydrogen-bond acceptors (Lipinski definition) is 4. The van der Waals surface area contributed by atoms with E-state index in [9.17, 15) is 14.7 Å². The van der Waals surface area contributed by atoms with Gasteiger partial charge < -0.3 is 19.9 Å². The van der Waals surface area contributed by atoms with Gasteiger partial charge in [0, 0.05) is 66.0 Å². The van der Waals surface area contributed by atoms with Crippen molar-refractivity contribution in [1.29, 1.82) is 0 Å². The minimum atomic E-state index is -1.15. The number of hydrogen-bond donors (Lipinski definition) is 2. The Balaban J connectivity index is 1.62. The van der Waals surface area contributed by atoms with Gasteiger partial charge in [-0.15, -0.1) is 0 Å². The van der Waals surface area contributed by atoms with Crippen LogP contribution in [0.15, 0.2) is 24.4 Å². The van der Waals surface area contributed by atoms with Crippen LogP contribution >= 0.6 is 0 Å². The van der Waals surface area contributed by atoms with Crippen molar-refractivity contribution < 1.29 is 19.1 Å². The maximum absolute atomic E-state index is 15.0. The van der Waals surface area contributed by atoms with Crippen LogP contribution in [0.25, 0.3) is 11.1 Å². The third-order valence-corrected chi connectivity index (χ3v) is 6.13. The smallest absolute Gasteiger partial charge is 0.316 e. The second-order valence-corrected chi connectivity index (χ2v) is 8.01. The molecule has 2 N–H and O–H groups in total. The lowest BCUT2D eigenvalue weighted by atomic mass is 9.89. The molecule has 2 aromatic rings. The van der Waals surface area contributed by atoms with E-state index in [1.807, 2.05) is 17.2 Å². The molecular weight excluding hydrogens is 361 g/mol. The van der Waals surface area contributed by atoms with E-state index in [2.05, 4.69) is 16.8 Å². The summed E-state index contributed by atoms with van der Waals surface area (Å²) < 4.78 is 17.2.